The van der Waals surface area contributed by atoms with Crippen LogP contribution >= 0.6 is 0 Å². The maximum Gasteiger partial charge on any atom is 0.251 e. The van der Waals surface area contributed by atoms with E-state index in [0.29, 0.717) is 5.76 Å². The number of nitriles is 1. The van der Waals surface area contributed by atoms with Crippen LogP contribution in [-0.4, -0.2) is 99.4 Å². The van der Waals surface area contributed by atoms with Gasteiger partial charge >= 0.3 is 0 Å². The minimum absolute atomic E-state index is 0.0869. The van der Waals surface area contributed by atoms with Gasteiger partial charge in [0, 0.05) is 43.0 Å². The highest BCUT2D eigenvalue weighted by molar-refractivity contribution is 7.93. The molecule has 2 aliphatic heterocycles. The van der Waals surface area contributed by atoms with E-state index in [9.17, 15) is 29.0 Å². The van der Waals surface area contributed by atoms with Crippen LogP contribution in [0.3, 0.4) is 0 Å². The van der Waals surface area contributed by atoms with E-state index in [2.05, 4.69) is 39.8 Å². The van der Waals surface area contributed by atoms with Crippen LogP contribution in [0.15, 0.2) is 57.9 Å². The molecule has 3 heterocycles. The average Bonchev–Trinajstić information content (AvgIpc) is 3.46. The van der Waals surface area contributed by atoms with Crippen LogP contribution in [-0.2, 0) is 14.8 Å². The summed E-state index contributed by atoms with van der Waals surface area (Å²) in [5, 5.41) is 41.5. The zero-order valence-corrected chi connectivity index (χ0v) is 23.7. The number of nitrogens with one attached hydrogen (secondary N) is 1. The fraction of sp³-hybridized carbons (Fsp3) is 0.414. The number of piperazine rings is 1. The smallest absolute Gasteiger partial charge is 0.251 e. The summed E-state index contributed by atoms with van der Waals surface area (Å²) in [6.45, 7) is 4.67. The van der Waals surface area contributed by atoms with E-state index in [4.69, 9.17) is 9.15 Å². The summed E-state index contributed by atoms with van der Waals surface area (Å²) in [6.07, 6.45) is -4.06. The highest BCUT2D eigenvalue weighted by Gasteiger charge is 2.40. The molecular formula is C29H34N4O7S. The van der Waals surface area contributed by atoms with Gasteiger partial charge < -0.3 is 34.3 Å². The summed E-state index contributed by atoms with van der Waals surface area (Å²) >= 11 is 0. The van der Waals surface area contributed by atoms with Gasteiger partial charge in [-0.3, -0.25) is 0 Å². The van der Waals surface area contributed by atoms with E-state index in [1.807, 2.05) is 18.2 Å². The number of rotatable bonds is 7. The Labute approximate surface area is 238 Å². The Kier molecular flexibility index (Phi) is 8.49. The molecule has 4 N–H and O–H groups in total. The van der Waals surface area contributed by atoms with E-state index in [-0.39, 0.29) is 17.9 Å². The molecule has 2 aromatic carbocycles. The molecule has 0 spiro atoms. The lowest BCUT2D eigenvalue weighted by atomic mass is 9.99. The molecule has 0 radical (unpaired) electrons. The fourth-order valence-electron chi connectivity index (χ4n) is 5.20. The first-order valence-corrected chi connectivity index (χ1v) is 14.9. The summed E-state index contributed by atoms with van der Waals surface area (Å²) in [7, 11) is -2.28. The Bertz CT molecular complexity index is 1590. The normalized spacial score (nSPS) is 24.7. The third kappa shape index (κ3) is 6.02. The van der Waals surface area contributed by atoms with Crippen molar-refractivity contribution in [1.29, 1.82) is 5.26 Å². The van der Waals surface area contributed by atoms with E-state index >= 15 is 0 Å². The monoisotopic (exact) mass is 582 g/mol. The lowest BCUT2D eigenvalue weighted by Crippen LogP contribution is -2.59. The number of furan rings is 1. The first kappa shape index (κ1) is 29.2. The predicted molar refractivity (Wildman–Crippen MR) is 154 cm³/mol. The van der Waals surface area contributed by atoms with Gasteiger partial charge in [-0.15, -0.1) is 0 Å². The number of fused-ring (bicyclic) bond motifs is 1. The molecule has 0 bridgehead atoms. The number of anilines is 1. The zero-order chi connectivity index (χ0) is 29.3. The van der Waals surface area contributed by atoms with Crippen LogP contribution in [0, 0.1) is 11.3 Å². The van der Waals surface area contributed by atoms with Crippen LogP contribution in [0.2, 0.25) is 0 Å². The van der Waals surface area contributed by atoms with Gasteiger partial charge in [0.05, 0.1) is 19.3 Å². The van der Waals surface area contributed by atoms with Gasteiger partial charge in [-0.25, -0.2) is 13.1 Å². The second-order valence-electron chi connectivity index (χ2n) is 10.5. The number of nitrogens with zero attached hydrogens (tertiary/aromatic N) is 3. The third-order valence-electron chi connectivity index (χ3n) is 7.78. The van der Waals surface area contributed by atoms with Crippen LogP contribution in [0.4, 0.5) is 5.69 Å². The number of sulfonamides is 1. The zero-order valence-electron chi connectivity index (χ0n) is 22.9. The quantitative estimate of drug-likeness (QED) is 0.301. The molecule has 5 rings (SSSR count). The van der Waals surface area contributed by atoms with E-state index < -0.39 is 45.9 Å². The van der Waals surface area contributed by atoms with E-state index in [1.165, 1.54) is 12.6 Å². The molecule has 11 nitrogen and oxygen atoms in total. The van der Waals surface area contributed by atoms with Crippen molar-refractivity contribution in [2.45, 2.75) is 31.3 Å². The second kappa shape index (κ2) is 11.9. The van der Waals surface area contributed by atoms with Gasteiger partial charge in [0.1, 0.15) is 35.9 Å². The maximum absolute atomic E-state index is 13.1. The lowest BCUT2D eigenvalue weighted by molar-refractivity contribution is -0.158. The highest BCUT2D eigenvalue weighted by atomic mass is 32.2. The molecule has 2 saturated heterocycles. The molecule has 0 saturated carbocycles. The number of aliphatic hydroxyl groups is 3. The van der Waals surface area contributed by atoms with Crippen LogP contribution in [0.1, 0.15) is 12.7 Å². The van der Waals surface area contributed by atoms with Gasteiger partial charge in [-0.2, -0.15) is 5.26 Å². The minimum Gasteiger partial charge on any atom is -0.456 e. The third-order valence-corrected chi connectivity index (χ3v) is 9.33. The highest BCUT2D eigenvalue weighted by Crippen LogP contribution is 2.32. The largest absolute Gasteiger partial charge is 0.456 e. The number of benzene rings is 2. The molecular weight excluding hydrogens is 548 g/mol. The Morgan fingerprint density at radius 2 is 1.76 bits per heavy atom. The first-order valence-electron chi connectivity index (χ1n) is 13.4. The Morgan fingerprint density at radius 3 is 2.46 bits per heavy atom. The molecule has 4 atom stereocenters. The van der Waals surface area contributed by atoms with Crippen LogP contribution in [0.25, 0.3) is 27.7 Å². The minimum atomic E-state index is -4.41. The molecule has 2 fully saturated rings. The van der Waals surface area contributed by atoms with Crippen LogP contribution in [0.5, 0.6) is 0 Å². The van der Waals surface area contributed by atoms with Gasteiger partial charge in [-0.1, -0.05) is 18.2 Å². The van der Waals surface area contributed by atoms with Crippen molar-refractivity contribution in [2.75, 3.05) is 51.3 Å². The van der Waals surface area contributed by atoms with Crippen molar-refractivity contribution < 1.29 is 32.9 Å². The first-order chi connectivity index (χ1) is 19.6. The SMILES string of the molecule is C/C(=C(/C#N)S(=O)(=O)N[C@H]1CO[C@H](CO)[C@@H](O)[C@@H]1O)c1ccc(-c2ccc3cc(N4CCN(C)CC4)ccc3c2)o1. The fourth-order valence-corrected chi connectivity index (χ4v) is 6.55. The number of ether oxygens (including phenoxy) is 1. The summed E-state index contributed by atoms with van der Waals surface area (Å²) in [5.41, 5.74) is 2.08. The number of likely N-dealkylation sites (N-methyl/N-ethyl adjacent to an activating group) is 1. The summed E-state index contributed by atoms with van der Waals surface area (Å²) < 4.78 is 39.7. The van der Waals surface area contributed by atoms with Crippen molar-refractivity contribution in [1.82, 2.24) is 9.62 Å². The Hall–Kier alpha value is -3.28. The van der Waals surface area contributed by atoms with Gasteiger partial charge in [0.25, 0.3) is 10.0 Å². The van der Waals surface area contributed by atoms with Gasteiger partial charge in [0.15, 0.2) is 4.91 Å². The maximum atomic E-state index is 13.1. The molecule has 218 valence electrons. The summed E-state index contributed by atoms with van der Waals surface area (Å²) in [4.78, 5) is 4.12. The molecule has 0 unspecified atom stereocenters. The lowest BCUT2D eigenvalue weighted by Gasteiger charge is -2.36. The van der Waals surface area contributed by atoms with Crippen molar-refractivity contribution >= 4 is 32.1 Å². The van der Waals surface area contributed by atoms with Crippen molar-refractivity contribution in [3.63, 3.8) is 0 Å². The molecule has 2 aliphatic rings. The van der Waals surface area contributed by atoms with E-state index in [0.717, 1.165) is 42.5 Å². The Balaban J connectivity index is 1.35. The Morgan fingerprint density at radius 1 is 1.05 bits per heavy atom. The second-order valence-corrected chi connectivity index (χ2v) is 12.2. The summed E-state index contributed by atoms with van der Waals surface area (Å²) in [5.74, 6) is 0.717. The van der Waals surface area contributed by atoms with Crippen molar-refractivity contribution in [3.05, 3.63) is 59.2 Å². The topological polar surface area (TPSA) is 160 Å². The molecule has 0 aliphatic carbocycles. The van der Waals surface area contributed by atoms with Crippen molar-refractivity contribution in [2.24, 2.45) is 0 Å². The van der Waals surface area contributed by atoms with E-state index in [1.54, 1.807) is 18.2 Å². The molecule has 1 aromatic heterocycles. The predicted octanol–water partition coefficient (Wildman–Crippen LogP) is 1.51. The number of aliphatic hydroxyl groups excluding tert-OH is 3. The van der Waals surface area contributed by atoms with Gasteiger partial charge in [-0.05, 0) is 55.1 Å². The van der Waals surface area contributed by atoms with Crippen molar-refractivity contribution in [3.8, 4) is 17.4 Å². The van der Waals surface area contributed by atoms with Crippen LogP contribution < -0.4 is 9.62 Å². The molecule has 41 heavy (non-hydrogen) atoms. The number of allylic oxidation sites excluding steroid dienone is 2. The van der Waals surface area contributed by atoms with Gasteiger partial charge in [0.2, 0.25) is 0 Å². The molecule has 12 heteroatoms. The number of hydrogen-bond donors (Lipinski definition) is 4. The average molecular weight is 583 g/mol. The molecule has 0 amide bonds. The standard InChI is InChI=1S/C29H34N4O7S/c1-18(27(15-30)41(37,38)31-23-17-39-26(16-34)29(36)28(23)35)24-7-8-25(40-24)21-4-3-20-14-22(6-5-19(20)13-21)33-11-9-32(2)10-12-33/h3-8,13-14,23,26,28-29,31,34-36H,9-12,16-17H2,1-2H3/b27-18+/t23-,26+,28+,29+/m0/s1. The summed E-state index contributed by atoms with van der Waals surface area (Å²) in [6, 6.07) is 16.2. The number of hydrogen-bond acceptors (Lipinski definition) is 10. The molecule has 3 aromatic rings.